The van der Waals surface area contributed by atoms with Crippen LogP contribution in [0, 0.1) is 0 Å². The third-order valence-corrected chi connectivity index (χ3v) is 18.0. The van der Waals surface area contributed by atoms with Gasteiger partial charge in [0, 0.05) is 0 Å². The molecule has 0 spiro atoms. The minimum atomic E-state index is -1.30. The first kappa shape index (κ1) is 25.0. The normalized spacial score (nSPS) is 12.5. The van der Waals surface area contributed by atoms with E-state index in [0.29, 0.717) is 0 Å². The van der Waals surface area contributed by atoms with E-state index in [4.69, 9.17) is 3.76 Å². The van der Waals surface area contributed by atoms with Crippen LogP contribution < -0.4 is 0 Å². The first-order valence-corrected chi connectivity index (χ1v) is 19.3. The molecule has 0 saturated carbocycles. The summed E-state index contributed by atoms with van der Waals surface area (Å²) in [5, 5.41) is 7.54. The van der Waals surface area contributed by atoms with Crippen molar-refractivity contribution in [1.29, 1.82) is 0 Å². The topological polar surface area (TPSA) is 9.23 Å². The van der Waals surface area contributed by atoms with Crippen molar-refractivity contribution in [2.75, 3.05) is 0 Å². The summed E-state index contributed by atoms with van der Waals surface area (Å²) in [7, 11) is 0. The zero-order valence-corrected chi connectivity index (χ0v) is 22.0. The van der Waals surface area contributed by atoms with Crippen LogP contribution in [0.5, 0.6) is 0 Å². The van der Waals surface area contributed by atoms with E-state index in [0.717, 1.165) is 0 Å². The average molecular weight is 460 g/mol. The van der Waals surface area contributed by atoms with Gasteiger partial charge in [0.15, 0.2) is 0 Å². The van der Waals surface area contributed by atoms with Gasteiger partial charge in [0.25, 0.3) is 0 Å². The van der Waals surface area contributed by atoms with Gasteiger partial charge in [-0.15, -0.1) is 0 Å². The van der Waals surface area contributed by atoms with E-state index in [-0.39, 0.29) is 5.60 Å². The molecule has 0 aliphatic rings. The van der Waals surface area contributed by atoms with Crippen molar-refractivity contribution in [3.63, 3.8) is 0 Å². The number of rotatable bonds is 17. The van der Waals surface area contributed by atoms with Crippen LogP contribution in [0.4, 0.5) is 0 Å². The second-order valence-corrected chi connectivity index (χ2v) is 18.7. The Morgan fingerprint density at radius 3 is 1.38 bits per heavy atom. The van der Waals surface area contributed by atoms with Crippen LogP contribution in [0.3, 0.4) is 0 Å². The molecule has 0 amide bonds. The Kier molecular flexibility index (Phi) is 16.9. The number of hydrogen-bond acceptors (Lipinski definition) is 1. The number of hydrogen-bond donors (Lipinski definition) is 0. The van der Waals surface area contributed by atoms with Crippen molar-refractivity contribution in [2.45, 2.75) is 131 Å². The molecule has 24 heavy (non-hydrogen) atoms. The summed E-state index contributed by atoms with van der Waals surface area (Å²) in [4.78, 5) is 0. The standard InChI is InChI=1S/C21H46Ge2O/c1-7-13-21(14-8-2,24-23(18-11-5)19-12-6)15-20-22(16-9-3)17-10-4/h7-20H2,1-6H3. The molecule has 0 atom stereocenters. The Morgan fingerprint density at radius 1 is 0.542 bits per heavy atom. The fraction of sp³-hybridized carbons (Fsp3) is 1.00. The molecule has 0 aromatic carbocycles. The van der Waals surface area contributed by atoms with Crippen LogP contribution in [0.1, 0.15) is 99.3 Å². The molecule has 3 heteroatoms. The van der Waals surface area contributed by atoms with Gasteiger partial charge < -0.3 is 0 Å². The molecule has 0 aliphatic heterocycles. The van der Waals surface area contributed by atoms with Gasteiger partial charge in [0.2, 0.25) is 0 Å². The van der Waals surface area contributed by atoms with Crippen LogP contribution in [0.25, 0.3) is 0 Å². The molecule has 0 heterocycles. The third-order valence-electron chi connectivity index (χ3n) is 4.97. The molecular formula is C21H46Ge2O. The van der Waals surface area contributed by atoms with Gasteiger partial charge in [-0.3, -0.25) is 0 Å². The Balaban J connectivity index is 5.00. The third kappa shape index (κ3) is 10.9. The predicted molar refractivity (Wildman–Crippen MR) is 115 cm³/mol. The zero-order valence-electron chi connectivity index (χ0n) is 17.8. The molecule has 2 radical (unpaired) electrons. The fourth-order valence-electron chi connectivity index (χ4n) is 4.02. The van der Waals surface area contributed by atoms with Crippen molar-refractivity contribution in [3.05, 3.63) is 0 Å². The van der Waals surface area contributed by atoms with E-state index in [9.17, 15) is 0 Å². The maximum atomic E-state index is 7.10. The molecule has 0 aromatic heterocycles. The van der Waals surface area contributed by atoms with Crippen LogP contribution in [-0.2, 0) is 3.76 Å². The second-order valence-electron chi connectivity index (χ2n) is 7.57. The Morgan fingerprint density at radius 2 is 1.00 bits per heavy atom. The van der Waals surface area contributed by atoms with Crippen LogP contribution in [-0.4, -0.2) is 34.6 Å². The monoisotopic (exact) mass is 462 g/mol. The van der Waals surface area contributed by atoms with E-state index in [2.05, 4.69) is 41.5 Å². The summed E-state index contributed by atoms with van der Waals surface area (Å²) in [5.41, 5.74) is 0.267. The van der Waals surface area contributed by atoms with E-state index in [1.807, 2.05) is 0 Å². The van der Waals surface area contributed by atoms with Crippen molar-refractivity contribution in [2.24, 2.45) is 0 Å². The van der Waals surface area contributed by atoms with Gasteiger partial charge in [0.05, 0.1) is 0 Å². The summed E-state index contributed by atoms with van der Waals surface area (Å²) < 4.78 is 7.10. The van der Waals surface area contributed by atoms with Gasteiger partial charge in [-0.25, -0.2) is 0 Å². The maximum absolute atomic E-state index is 7.10. The molecular weight excluding hydrogens is 413 g/mol. The Labute approximate surface area is 163 Å². The minimum absolute atomic E-state index is 0.267. The van der Waals surface area contributed by atoms with Crippen LogP contribution in [0.2, 0.25) is 26.3 Å². The molecule has 0 aromatic rings. The quantitative estimate of drug-likeness (QED) is 0.201. The summed E-state index contributed by atoms with van der Waals surface area (Å²) in [5.74, 6) is 0. The summed E-state index contributed by atoms with van der Waals surface area (Å²) >= 11 is -2.11. The molecule has 0 bridgehead atoms. The van der Waals surface area contributed by atoms with E-state index in [1.54, 1.807) is 15.8 Å². The van der Waals surface area contributed by atoms with E-state index in [1.165, 1.54) is 68.3 Å². The van der Waals surface area contributed by atoms with E-state index < -0.39 is 29.0 Å². The van der Waals surface area contributed by atoms with Crippen molar-refractivity contribution < 1.29 is 3.76 Å². The van der Waals surface area contributed by atoms with Crippen LogP contribution >= 0.6 is 0 Å². The summed E-state index contributed by atoms with van der Waals surface area (Å²) in [6, 6.07) is 0. The molecule has 0 N–H and O–H groups in total. The zero-order chi connectivity index (χ0) is 18.3. The van der Waals surface area contributed by atoms with E-state index >= 15 is 0 Å². The molecule has 0 unspecified atom stereocenters. The first-order valence-electron chi connectivity index (χ1n) is 11.0. The molecule has 1 nitrogen and oxygen atoms in total. The van der Waals surface area contributed by atoms with Gasteiger partial charge in [-0.05, 0) is 0 Å². The summed E-state index contributed by atoms with van der Waals surface area (Å²) in [6.45, 7) is 14.2. The van der Waals surface area contributed by atoms with Crippen molar-refractivity contribution in [3.8, 4) is 0 Å². The molecule has 0 rings (SSSR count). The first-order chi connectivity index (χ1) is 11.6. The summed E-state index contributed by atoms with van der Waals surface area (Å²) in [6.07, 6.45) is 12.1. The molecule has 0 saturated heterocycles. The van der Waals surface area contributed by atoms with Crippen molar-refractivity contribution in [1.82, 2.24) is 0 Å². The SMILES string of the molecule is CC[CH2][Ge]([CH2]CC)[CH2]CC(CCC)(CCC)[O][Ge]([CH2]CC)[CH2]CC. The fourth-order valence-corrected chi connectivity index (χ4v) is 15.5. The average Bonchev–Trinajstić information content (AvgIpc) is 2.54. The van der Waals surface area contributed by atoms with Crippen LogP contribution in [0.15, 0.2) is 0 Å². The molecule has 0 aliphatic carbocycles. The van der Waals surface area contributed by atoms with Gasteiger partial charge in [-0.1, -0.05) is 0 Å². The van der Waals surface area contributed by atoms with Gasteiger partial charge in [0.1, 0.15) is 0 Å². The predicted octanol–water partition coefficient (Wildman–Crippen LogP) is 7.86. The molecule has 0 fully saturated rings. The molecule has 144 valence electrons. The van der Waals surface area contributed by atoms with Gasteiger partial charge in [-0.2, -0.15) is 0 Å². The Hall–Kier alpha value is 1.05. The Bertz CT molecular complexity index is 253. The second kappa shape index (κ2) is 16.2. The van der Waals surface area contributed by atoms with Crippen molar-refractivity contribution >= 4 is 29.0 Å². The van der Waals surface area contributed by atoms with Gasteiger partial charge >= 0.3 is 164 Å².